The van der Waals surface area contributed by atoms with Crippen molar-refractivity contribution in [2.45, 2.75) is 25.3 Å². The van der Waals surface area contributed by atoms with Crippen LogP contribution in [0, 0.1) is 5.92 Å². The quantitative estimate of drug-likeness (QED) is 0.878. The van der Waals surface area contributed by atoms with Crippen molar-refractivity contribution in [1.29, 1.82) is 0 Å². The zero-order chi connectivity index (χ0) is 14.0. The predicted molar refractivity (Wildman–Crippen MR) is 78.8 cm³/mol. The largest absolute Gasteiger partial charge is 0.354 e. The van der Waals surface area contributed by atoms with Gasteiger partial charge in [-0.2, -0.15) is 0 Å². The van der Waals surface area contributed by atoms with Crippen molar-refractivity contribution >= 4 is 29.1 Å². The molecule has 0 aliphatic heterocycles. The average Bonchev–Trinajstić information content (AvgIpc) is 3.14. The Morgan fingerprint density at radius 1 is 1.37 bits per heavy atom. The molecule has 19 heavy (non-hydrogen) atoms. The molecular formula is C14H18Cl2N2O. The highest BCUT2D eigenvalue weighted by molar-refractivity contribution is 6.34. The van der Waals surface area contributed by atoms with E-state index in [9.17, 15) is 4.79 Å². The first-order valence-corrected chi connectivity index (χ1v) is 7.18. The Morgan fingerprint density at radius 3 is 2.58 bits per heavy atom. The number of rotatable bonds is 5. The summed E-state index contributed by atoms with van der Waals surface area (Å²) >= 11 is 12.0. The number of halogens is 2. The van der Waals surface area contributed by atoms with Gasteiger partial charge in [0.15, 0.2) is 0 Å². The summed E-state index contributed by atoms with van der Waals surface area (Å²) in [6.07, 6.45) is 0.871. The number of nitrogens with one attached hydrogen (secondary N) is 2. The van der Waals surface area contributed by atoms with Crippen LogP contribution in [0.1, 0.15) is 24.8 Å². The van der Waals surface area contributed by atoms with E-state index in [2.05, 4.69) is 10.6 Å². The minimum Gasteiger partial charge on any atom is -0.354 e. The van der Waals surface area contributed by atoms with Gasteiger partial charge in [-0.25, -0.2) is 0 Å². The van der Waals surface area contributed by atoms with Crippen LogP contribution in [0.25, 0.3) is 0 Å². The van der Waals surface area contributed by atoms with Crippen molar-refractivity contribution in [1.82, 2.24) is 10.6 Å². The van der Waals surface area contributed by atoms with Crippen LogP contribution in [0.4, 0.5) is 0 Å². The van der Waals surface area contributed by atoms with Crippen molar-refractivity contribution in [3.63, 3.8) is 0 Å². The molecule has 0 heterocycles. The van der Waals surface area contributed by atoms with Gasteiger partial charge in [0.05, 0.1) is 0 Å². The van der Waals surface area contributed by atoms with Gasteiger partial charge in [-0.3, -0.25) is 4.79 Å². The Morgan fingerprint density at radius 2 is 2.00 bits per heavy atom. The smallest absolute Gasteiger partial charge is 0.223 e. The number of benzene rings is 1. The van der Waals surface area contributed by atoms with E-state index in [1.807, 2.05) is 26.1 Å². The van der Waals surface area contributed by atoms with E-state index in [1.165, 1.54) is 0 Å². The molecular weight excluding hydrogens is 283 g/mol. The topological polar surface area (TPSA) is 41.1 Å². The highest BCUT2D eigenvalue weighted by atomic mass is 35.5. The van der Waals surface area contributed by atoms with Crippen molar-refractivity contribution in [3.05, 3.63) is 33.8 Å². The maximum absolute atomic E-state index is 12.0. The molecule has 2 N–H and O–H groups in total. The number of amides is 1. The molecule has 1 aliphatic carbocycles. The molecule has 0 bridgehead atoms. The van der Waals surface area contributed by atoms with E-state index >= 15 is 0 Å². The normalized spacial score (nSPS) is 22.9. The lowest BCUT2D eigenvalue weighted by atomic mass is 10.1. The standard InChI is InChI=1S/C14H18Cl2N2O/c1-8(17-2)7-18-14(19)13-6-12(13)9-3-10(15)5-11(16)4-9/h3-5,8,12-13,17H,6-7H2,1-2H3,(H,18,19). The average molecular weight is 301 g/mol. The Balaban J connectivity index is 1.91. The molecule has 3 unspecified atom stereocenters. The van der Waals surface area contributed by atoms with Gasteiger partial charge in [0.1, 0.15) is 0 Å². The lowest BCUT2D eigenvalue weighted by Gasteiger charge is -2.11. The first-order valence-electron chi connectivity index (χ1n) is 6.42. The maximum Gasteiger partial charge on any atom is 0.223 e. The molecule has 1 fully saturated rings. The van der Waals surface area contributed by atoms with Crippen LogP contribution in [-0.4, -0.2) is 25.5 Å². The molecule has 1 aromatic carbocycles. The third-order valence-electron chi connectivity index (χ3n) is 3.52. The fraction of sp³-hybridized carbons (Fsp3) is 0.500. The second-order valence-electron chi connectivity index (χ2n) is 5.09. The molecule has 2 rings (SSSR count). The van der Waals surface area contributed by atoms with Gasteiger partial charge in [0.2, 0.25) is 5.91 Å². The molecule has 3 nitrogen and oxygen atoms in total. The van der Waals surface area contributed by atoms with Gasteiger partial charge >= 0.3 is 0 Å². The number of hydrogen-bond donors (Lipinski definition) is 2. The van der Waals surface area contributed by atoms with Crippen molar-refractivity contribution < 1.29 is 4.79 Å². The molecule has 1 aliphatic rings. The molecule has 0 radical (unpaired) electrons. The molecule has 0 spiro atoms. The SMILES string of the molecule is CNC(C)CNC(=O)C1CC1c1cc(Cl)cc(Cl)c1. The highest BCUT2D eigenvalue weighted by Crippen LogP contribution is 2.48. The molecule has 1 saturated carbocycles. The first kappa shape index (κ1) is 14.6. The van der Waals surface area contributed by atoms with Gasteiger partial charge < -0.3 is 10.6 Å². The number of carbonyl (C=O) groups excluding carboxylic acids is 1. The summed E-state index contributed by atoms with van der Waals surface area (Å²) in [7, 11) is 1.88. The molecule has 0 aromatic heterocycles. The van der Waals surface area contributed by atoms with Crippen LogP contribution >= 0.6 is 23.2 Å². The lowest BCUT2D eigenvalue weighted by Crippen LogP contribution is -2.37. The van der Waals surface area contributed by atoms with Gasteiger partial charge in [-0.1, -0.05) is 23.2 Å². The summed E-state index contributed by atoms with van der Waals surface area (Å²) in [5.74, 6) is 0.419. The Bertz CT molecular complexity index is 458. The van der Waals surface area contributed by atoms with E-state index in [-0.39, 0.29) is 23.8 Å². The van der Waals surface area contributed by atoms with Crippen LogP contribution < -0.4 is 10.6 Å². The van der Waals surface area contributed by atoms with Crippen LogP contribution in [0.15, 0.2) is 18.2 Å². The molecule has 0 saturated heterocycles. The lowest BCUT2D eigenvalue weighted by molar-refractivity contribution is -0.122. The van der Waals surface area contributed by atoms with Crippen molar-refractivity contribution in [2.24, 2.45) is 5.92 Å². The number of likely N-dealkylation sites (N-methyl/N-ethyl adjacent to an activating group) is 1. The third-order valence-corrected chi connectivity index (χ3v) is 3.95. The Hall–Kier alpha value is -0.770. The number of hydrogen-bond acceptors (Lipinski definition) is 2. The van der Waals surface area contributed by atoms with Gasteiger partial charge in [-0.15, -0.1) is 0 Å². The van der Waals surface area contributed by atoms with E-state index in [1.54, 1.807) is 6.07 Å². The summed E-state index contributed by atoms with van der Waals surface area (Å²) in [5, 5.41) is 7.29. The third kappa shape index (κ3) is 3.85. The summed E-state index contributed by atoms with van der Waals surface area (Å²) in [4.78, 5) is 12.0. The van der Waals surface area contributed by atoms with Gasteiger partial charge in [0.25, 0.3) is 0 Å². The van der Waals surface area contributed by atoms with Gasteiger partial charge in [-0.05, 0) is 50.1 Å². The van der Waals surface area contributed by atoms with Crippen molar-refractivity contribution in [2.75, 3.05) is 13.6 Å². The zero-order valence-electron chi connectivity index (χ0n) is 11.0. The summed E-state index contributed by atoms with van der Waals surface area (Å²) in [6.45, 7) is 2.68. The second-order valence-corrected chi connectivity index (χ2v) is 5.96. The van der Waals surface area contributed by atoms with Crippen molar-refractivity contribution in [3.8, 4) is 0 Å². The predicted octanol–water partition coefficient (Wildman–Crippen LogP) is 2.82. The van der Waals surface area contributed by atoms with Crippen LogP contribution in [-0.2, 0) is 4.79 Å². The van der Waals surface area contributed by atoms with Gasteiger partial charge in [0, 0.05) is 28.5 Å². The summed E-state index contributed by atoms with van der Waals surface area (Å²) < 4.78 is 0. The van der Waals surface area contributed by atoms with Crippen LogP contribution in [0.2, 0.25) is 10.0 Å². The maximum atomic E-state index is 12.0. The minimum atomic E-state index is 0.0542. The molecule has 1 amide bonds. The second kappa shape index (κ2) is 6.12. The fourth-order valence-electron chi connectivity index (χ4n) is 2.13. The summed E-state index contributed by atoms with van der Waals surface area (Å²) in [5.41, 5.74) is 1.05. The fourth-order valence-corrected chi connectivity index (χ4v) is 2.67. The van der Waals surface area contributed by atoms with E-state index < -0.39 is 0 Å². The summed E-state index contributed by atoms with van der Waals surface area (Å²) in [6, 6.07) is 5.77. The minimum absolute atomic E-state index is 0.0542. The highest BCUT2D eigenvalue weighted by Gasteiger charge is 2.44. The molecule has 3 atom stereocenters. The zero-order valence-corrected chi connectivity index (χ0v) is 12.6. The van der Waals surface area contributed by atoms with E-state index in [4.69, 9.17) is 23.2 Å². The van der Waals surface area contributed by atoms with E-state index in [0.29, 0.717) is 16.6 Å². The van der Waals surface area contributed by atoms with E-state index in [0.717, 1.165) is 12.0 Å². The monoisotopic (exact) mass is 300 g/mol. The molecule has 104 valence electrons. The Labute approximate surface area is 123 Å². The first-order chi connectivity index (χ1) is 9.01. The number of carbonyl (C=O) groups is 1. The van der Waals surface area contributed by atoms with Crippen LogP contribution in [0.3, 0.4) is 0 Å². The van der Waals surface area contributed by atoms with Crippen LogP contribution in [0.5, 0.6) is 0 Å². The Kier molecular flexibility index (Phi) is 4.71. The molecule has 5 heteroatoms. The molecule has 1 aromatic rings.